The van der Waals surface area contributed by atoms with Gasteiger partial charge < -0.3 is 14.5 Å². The molecule has 28 heavy (non-hydrogen) atoms. The SMILES string of the molecule is COc1ccc(C(=O)NCC(c2ccco2)N2CCCCC2)c2ccccc12. The molecule has 2 aromatic carbocycles. The molecule has 1 saturated heterocycles. The number of likely N-dealkylation sites (tertiary alicyclic amines) is 1. The van der Waals surface area contributed by atoms with Gasteiger partial charge in [0.1, 0.15) is 11.5 Å². The summed E-state index contributed by atoms with van der Waals surface area (Å²) in [5.74, 6) is 1.60. The van der Waals surface area contributed by atoms with Crippen molar-refractivity contribution in [2.75, 3.05) is 26.7 Å². The molecule has 0 bridgehead atoms. The smallest absolute Gasteiger partial charge is 0.251 e. The molecule has 1 unspecified atom stereocenters. The van der Waals surface area contributed by atoms with Crippen LogP contribution in [0.25, 0.3) is 10.8 Å². The highest BCUT2D eigenvalue weighted by molar-refractivity contribution is 6.08. The van der Waals surface area contributed by atoms with Gasteiger partial charge in [-0.15, -0.1) is 0 Å². The molecule has 1 N–H and O–H groups in total. The first-order chi connectivity index (χ1) is 13.8. The Morgan fingerprint density at radius 3 is 2.57 bits per heavy atom. The predicted molar refractivity (Wildman–Crippen MR) is 110 cm³/mol. The van der Waals surface area contributed by atoms with Gasteiger partial charge in [-0.25, -0.2) is 0 Å². The quantitative estimate of drug-likeness (QED) is 0.691. The molecule has 0 aliphatic carbocycles. The van der Waals surface area contributed by atoms with E-state index in [0.717, 1.165) is 35.4 Å². The zero-order valence-corrected chi connectivity index (χ0v) is 16.2. The summed E-state index contributed by atoms with van der Waals surface area (Å²) >= 11 is 0. The lowest BCUT2D eigenvalue weighted by molar-refractivity contribution is 0.0915. The van der Waals surface area contributed by atoms with Crippen LogP contribution in [0.1, 0.15) is 41.4 Å². The maximum absolute atomic E-state index is 13.0. The minimum Gasteiger partial charge on any atom is -0.496 e. The van der Waals surface area contributed by atoms with E-state index in [1.807, 2.05) is 48.5 Å². The summed E-state index contributed by atoms with van der Waals surface area (Å²) in [6.45, 7) is 2.59. The summed E-state index contributed by atoms with van der Waals surface area (Å²) in [6, 6.07) is 15.5. The molecule has 0 radical (unpaired) electrons. The topological polar surface area (TPSA) is 54.7 Å². The van der Waals surface area contributed by atoms with Crippen LogP contribution in [0.2, 0.25) is 0 Å². The second-order valence-electron chi connectivity index (χ2n) is 7.20. The predicted octanol–water partition coefficient (Wildman–Crippen LogP) is 4.40. The number of rotatable bonds is 6. The molecule has 146 valence electrons. The fourth-order valence-corrected chi connectivity index (χ4v) is 4.05. The van der Waals surface area contributed by atoms with Gasteiger partial charge in [0.2, 0.25) is 0 Å². The van der Waals surface area contributed by atoms with Crippen LogP contribution in [-0.2, 0) is 0 Å². The Balaban J connectivity index is 1.55. The van der Waals surface area contributed by atoms with Crippen LogP contribution >= 0.6 is 0 Å². The van der Waals surface area contributed by atoms with Crippen molar-refractivity contribution in [3.8, 4) is 5.75 Å². The number of furan rings is 1. The summed E-state index contributed by atoms with van der Waals surface area (Å²) in [5.41, 5.74) is 0.660. The molecule has 3 aromatic rings. The third kappa shape index (κ3) is 3.76. The first-order valence-electron chi connectivity index (χ1n) is 9.89. The lowest BCUT2D eigenvalue weighted by Crippen LogP contribution is -2.40. The molecule has 4 rings (SSSR count). The summed E-state index contributed by atoms with van der Waals surface area (Å²) in [4.78, 5) is 15.4. The van der Waals surface area contributed by atoms with E-state index >= 15 is 0 Å². The third-order valence-electron chi connectivity index (χ3n) is 5.51. The van der Waals surface area contributed by atoms with E-state index in [0.29, 0.717) is 12.1 Å². The van der Waals surface area contributed by atoms with Crippen molar-refractivity contribution >= 4 is 16.7 Å². The molecular formula is C23H26N2O3. The monoisotopic (exact) mass is 378 g/mol. The minimum absolute atomic E-state index is 0.0590. The van der Waals surface area contributed by atoms with Gasteiger partial charge >= 0.3 is 0 Å². The summed E-state index contributed by atoms with van der Waals surface area (Å²) in [7, 11) is 1.65. The van der Waals surface area contributed by atoms with E-state index in [1.165, 1.54) is 19.3 Å². The van der Waals surface area contributed by atoms with Crippen molar-refractivity contribution in [2.24, 2.45) is 0 Å². The Bertz CT molecular complexity index is 930. The Morgan fingerprint density at radius 2 is 1.86 bits per heavy atom. The van der Waals surface area contributed by atoms with Gasteiger partial charge in [0.15, 0.2) is 0 Å². The van der Waals surface area contributed by atoms with Crippen molar-refractivity contribution in [2.45, 2.75) is 25.3 Å². The molecule has 1 aromatic heterocycles. The second kappa shape index (κ2) is 8.48. The summed E-state index contributed by atoms with van der Waals surface area (Å²) < 4.78 is 11.1. The normalized spacial score (nSPS) is 16.0. The van der Waals surface area contributed by atoms with E-state index in [2.05, 4.69) is 10.2 Å². The van der Waals surface area contributed by atoms with E-state index < -0.39 is 0 Å². The van der Waals surface area contributed by atoms with Crippen LogP contribution in [0.15, 0.2) is 59.2 Å². The number of nitrogens with one attached hydrogen (secondary N) is 1. The van der Waals surface area contributed by atoms with Crippen LogP contribution in [0.4, 0.5) is 0 Å². The minimum atomic E-state index is -0.0765. The molecule has 0 spiro atoms. The third-order valence-corrected chi connectivity index (χ3v) is 5.51. The molecule has 1 aliphatic heterocycles. The van der Waals surface area contributed by atoms with Crippen LogP contribution in [-0.4, -0.2) is 37.6 Å². The number of hydrogen-bond donors (Lipinski definition) is 1. The van der Waals surface area contributed by atoms with Gasteiger partial charge in [0, 0.05) is 17.5 Å². The van der Waals surface area contributed by atoms with Crippen LogP contribution in [0.3, 0.4) is 0 Å². The summed E-state index contributed by atoms with van der Waals surface area (Å²) in [6.07, 6.45) is 5.35. The van der Waals surface area contributed by atoms with Gasteiger partial charge in [-0.2, -0.15) is 0 Å². The van der Waals surface area contributed by atoms with E-state index in [1.54, 1.807) is 13.4 Å². The number of hydrogen-bond acceptors (Lipinski definition) is 4. The Kier molecular flexibility index (Phi) is 5.63. The van der Waals surface area contributed by atoms with Crippen molar-refractivity contribution < 1.29 is 13.9 Å². The average Bonchev–Trinajstić information content (AvgIpc) is 3.28. The number of carbonyl (C=O) groups is 1. The first kappa shape index (κ1) is 18.6. The van der Waals surface area contributed by atoms with E-state index in [9.17, 15) is 4.79 Å². The zero-order valence-electron chi connectivity index (χ0n) is 16.2. The van der Waals surface area contributed by atoms with Gasteiger partial charge in [0.25, 0.3) is 5.91 Å². The fourth-order valence-electron chi connectivity index (χ4n) is 4.05. The number of benzene rings is 2. The average molecular weight is 378 g/mol. The molecule has 1 atom stereocenters. The molecule has 1 aliphatic rings. The standard InChI is InChI=1S/C23H26N2O3/c1-27-21-12-11-19(17-8-3-4-9-18(17)21)23(26)24-16-20(22-10-7-15-28-22)25-13-5-2-6-14-25/h3-4,7-12,15,20H,2,5-6,13-14,16H2,1H3,(H,24,26). The second-order valence-corrected chi connectivity index (χ2v) is 7.20. The first-order valence-corrected chi connectivity index (χ1v) is 9.89. The highest BCUT2D eigenvalue weighted by Crippen LogP contribution is 2.29. The molecule has 1 amide bonds. The van der Waals surface area contributed by atoms with E-state index in [4.69, 9.17) is 9.15 Å². The number of amides is 1. The van der Waals surface area contributed by atoms with Crippen LogP contribution < -0.4 is 10.1 Å². The number of nitrogens with zero attached hydrogens (tertiary/aromatic N) is 1. The highest BCUT2D eigenvalue weighted by Gasteiger charge is 2.25. The van der Waals surface area contributed by atoms with Crippen LogP contribution in [0, 0.1) is 0 Å². The fraction of sp³-hybridized carbons (Fsp3) is 0.348. The number of carbonyl (C=O) groups excluding carboxylic acids is 1. The number of methoxy groups -OCH3 is 1. The molecular weight excluding hydrogens is 352 g/mol. The molecule has 5 heteroatoms. The van der Waals surface area contributed by atoms with Crippen molar-refractivity contribution in [3.63, 3.8) is 0 Å². The number of fused-ring (bicyclic) bond motifs is 1. The van der Waals surface area contributed by atoms with Crippen molar-refractivity contribution in [1.29, 1.82) is 0 Å². The van der Waals surface area contributed by atoms with E-state index in [-0.39, 0.29) is 11.9 Å². The van der Waals surface area contributed by atoms with Gasteiger partial charge in [0.05, 0.1) is 19.4 Å². The molecule has 2 heterocycles. The molecule has 1 fully saturated rings. The molecule has 5 nitrogen and oxygen atoms in total. The maximum Gasteiger partial charge on any atom is 0.251 e. The lowest BCUT2D eigenvalue weighted by atomic mass is 10.0. The highest BCUT2D eigenvalue weighted by atomic mass is 16.5. The summed E-state index contributed by atoms with van der Waals surface area (Å²) in [5, 5.41) is 4.97. The number of piperidine rings is 1. The molecule has 0 saturated carbocycles. The van der Waals surface area contributed by atoms with Gasteiger partial charge in [-0.3, -0.25) is 9.69 Å². The van der Waals surface area contributed by atoms with Crippen LogP contribution in [0.5, 0.6) is 5.75 Å². The maximum atomic E-state index is 13.0. The van der Waals surface area contributed by atoms with Crippen molar-refractivity contribution in [1.82, 2.24) is 10.2 Å². The van der Waals surface area contributed by atoms with Gasteiger partial charge in [-0.1, -0.05) is 30.7 Å². The lowest BCUT2D eigenvalue weighted by Gasteiger charge is -2.33. The zero-order chi connectivity index (χ0) is 19.3. The Morgan fingerprint density at radius 1 is 1.07 bits per heavy atom. The Labute approximate surface area is 165 Å². The largest absolute Gasteiger partial charge is 0.496 e. The van der Waals surface area contributed by atoms with Gasteiger partial charge in [-0.05, 0) is 55.6 Å². The Hall–Kier alpha value is -2.79. The van der Waals surface area contributed by atoms with Crippen molar-refractivity contribution in [3.05, 3.63) is 66.1 Å². The number of ether oxygens (including phenoxy) is 1.